The number of para-hydroxylation sites is 1. The maximum Gasteiger partial charge on any atom is 0.410 e. The van der Waals surface area contributed by atoms with Gasteiger partial charge < -0.3 is 14.0 Å². The molecule has 2 aromatic rings. The van der Waals surface area contributed by atoms with Crippen molar-refractivity contribution in [2.24, 2.45) is 0 Å². The largest absolute Gasteiger partial charge is 0.493 e. The van der Waals surface area contributed by atoms with Gasteiger partial charge in [0.25, 0.3) is 0 Å². The highest BCUT2D eigenvalue weighted by Crippen LogP contribution is 2.33. The predicted molar refractivity (Wildman–Crippen MR) is 110 cm³/mol. The Morgan fingerprint density at radius 2 is 2.14 bits per heavy atom. The minimum atomic E-state index is -0.182. The molecule has 0 N–H and O–H groups in total. The number of piperazine rings is 1. The van der Waals surface area contributed by atoms with Crippen LogP contribution in [-0.4, -0.2) is 63.8 Å². The molecular weight excluding hydrogens is 368 g/mol. The minimum Gasteiger partial charge on any atom is -0.493 e. The molecule has 156 valence electrons. The number of hydrogen-bond acceptors (Lipinski definition) is 5. The molecule has 0 bridgehead atoms. The number of imidazole rings is 1. The summed E-state index contributed by atoms with van der Waals surface area (Å²) < 4.78 is 13.6. The summed E-state index contributed by atoms with van der Waals surface area (Å²) in [7, 11) is 0. The monoisotopic (exact) mass is 398 g/mol. The van der Waals surface area contributed by atoms with Gasteiger partial charge in [-0.05, 0) is 25.3 Å². The molecule has 0 radical (unpaired) electrons. The standard InChI is InChI=1S/C22H30N4O3/c1-2-22-16-25(12-13-26(22)21(27)29-17-22)15-19-7-3-4-8-20(19)28-14-6-5-10-24-11-9-23-18-24/h3-4,7-9,11,18H,2,5-6,10,12-17H2,1H3. The molecule has 1 aromatic heterocycles. The number of nitrogens with zero attached hydrogens (tertiary/aromatic N) is 4. The molecule has 0 saturated carbocycles. The van der Waals surface area contributed by atoms with Crippen molar-refractivity contribution in [3.05, 3.63) is 48.5 Å². The number of carbonyl (C=O) groups is 1. The highest BCUT2D eigenvalue weighted by atomic mass is 16.6. The highest BCUT2D eigenvalue weighted by Gasteiger charge is 2.49. The molecule has 7 heteroatoms. The molecular formula is C22H30N4O3. The zero-order chi connectivity index (χ0) is 20.1. The summed E-state index contributed by atoms with van der Waals surface area (Å²) in [5.41, 5.74) is 1.02. The number of unbranched alkanes of at least 4 members (excludes halogenated alkanes) is 1. The first-order valence-electron chi connectivity index (χ1n) is 10.5. The van der Waals surface area contributed by atoms with Gasteiger partial charge >= 0.3 is 6.09 Å². The lowest BCUT2D eigenvalue weighted by Crippen LogP contribution is -2.60. The Morgan fingerprint density at radius 1 is 1.24 bits per heavy atom. The van der Waals surface area contributed by atoms with E-state index in [0.717, 1.165) is 57.7 Å². The Hall–Kier alpha value is -2.54. The topological polar surface area (TPSA) is 59.8 Å². The van der Waals surface area contributed by atoms with Crippen LogP contribution in [0, 0.1) is 0 Å². The third kappa shape index (κ3) is 4.40. The fraction of sp³-hybridized carbons (Fsp3) is 0.545. The Kier molecular flexibility index (Phi) is 6.04. The number of rotatable bonds is 9. The van der Waals surface area contributed by atoms with E-state index in [9.17, 15) is 4.79 Å². The maximum atomic E-state index is 12.0. The van der Waals surface area contributed by atoms with Gasteiger partial charge in [0.05, 0.1) is 18.5 Å². The van der Waals surface area contributed by atoms with Gasteiger partial charge in [0.15, 0.2) is 0 Å². The van der Waals surface area contributed by atoms with E-state index in [4.69, 9.17) is 9.47 Å². The van der Waals surface area contributed by atoms with E-state index in [1.165, 1.54) is 5.56 Å². The van der Waals surface area contributed by atoms with Crippen molar-refractivity contribution in [3.8, 4) is 5.75 Å². The first-order valence-corrected chi connectivity index (χ1v) is 10.5. The second kappa shape index (κ2) is 8.86. The summed E-state index contributed by atoms with van der Waals surface area (Å²) in [5, 5.41) is 0. The van der Waals surface area contributed by atoms with Crippen molar-refractivity contribution in [2.75, 3.05) is 32.8 Å². The quantitative estimate of drug-likeness (QED) is 0.607. The van der Waals surface area contributed by atoms with Gasteiger partial charge in [-0.25, -0.2) is 9.78 Å². The van der Waals surface area contributed by atoms with Crippen LogP contribution in [0.5, 0.6) is 5.75 Å². The molecule has 2 saturated heterocycles. The Balaban J connectivity index is 1.31. The summed E-state index contributed by atoms with van der Waals surface area (Å²) in [6.07, 6.45) is 8.46. The minimum absolute atomic E-state index is 0.161. The lowest BCUT2D eigenvalue weighted by Gasteiger charge is -2.44. The Morgan fingerprint density at radius 3 is 2.97 bits per heavy atom. The van der Waals surface area contributed by atoms with Crippen LogP contribution < -0.4 is 4.74 Å². The zero-order valence-electron chi connectivity index (χ0n) is 17.1. The lowest BCUT2D eigenvalue weighted by atomic mass is 9.92. The first-order chi connectivity index (χ1) is 14.2. The van der Waals surface area contributed by atoms with Crippen molar-refractivity contribution < 1.29 is 14.3 Å². The van der Waals surface area contributed by atoms with Crippen LogP contribution >= 0.6 is 0 Å². The third-order valence-electron chi connectivity index (χ3n) is 6.07. The van der Waals surface area contributed by atoms with Gasteiger partial charge in [-0.1, -0.05) is 25.1 Å². The normalized spacial score (nSPS) is 21.8. The number of cyclic esters (lactones) is 1. The van der Waals surface area contributed by atoms with Gasteiger partial charge in [-0.3, -0.25) is 9.80 Å². The average molecular weight is 399 g/mol. The number of aromatic nitrogens is 2. The summed E-state index contributed by atoms with van der Waals surface area (Å²) >= 11 is 0. The Labute approximate surface area is 172 Å². The maximum absolute atomic E-state index is 12.0. The van der Waals surface area contributed by atoms with E-state index in [1.54, 1.807) is 0 Å². The number of amides is 1. The fourth-order valence-electron chi connectivity index (χ4n) is 4.30. The van der Waals surface area contributed by atoms with Crippen LogP contribution in [0.2, 0.25) is 0 Å². The lowest BCUT2D eigenvalue weighted by molar-refractivity contribution is 0.0445. The molecule has 7 nitrogen and oxygen atoms in total. The van der Waals surface area contributed by atoms with Crippen LogP contribution in [0.25, 0.3) is 0 Å². The van der Waals surface area contributed by atoms with E-state index >= 15 is 0 Å². The van der Waals surface area contributed by atoms with E-state index in [1.807, 2.05) is 29.7 Å². The fourth-order valence-corrected chi connectivity index (χ4v) is 4.30. The summed E-state index contributed by atoms with van der Waals surface area (Å²) in [6, 6.07) is 8.29. The summed E-state index contributed by atoms with van der Waals surface area (Å²) in [5.74, 6) is 0.960. The summed E-state index contributed by atoms with van der Waals surface area (Å²) in [6.45, 7) is 7.56. The van der Waals surface area contributed by atoms with Crippen molar-refractivity contribution in [2.45, 2.75) is 44.8 Å². The molecule has 2 aliphatic heterocycles. The van der Waals surface area contributed by atoms with Crippen LogP contribution in [0.1, 0.15) is 31.7 Å². The second-order valence-electron chi connectivity index (χ2n) is 7.96. The van der Waals surface area contributed by atoms with Gasteiger partial charge in [-0.2, -0.15) is 0 Å². The molecule has 2 aliphatic rings. The number of hydrogen-bond donors (Lipinski definition) is 0. The van der Waals surface area contributed by atoms with Gasteiger partial charge in [0.2, 0.25) is 0 Å². The molecule has 3 heterocycles. The predicted octanol–water partition coefficient (Wildman–Crippen LogP) is 3.16. The second-order valence-corrected chi connectivity index (χ2v) is 7.96. The molecule has 1 amide bonds. The molecule has 2 fully saturated rings. The summed E-state index contributed by atoms with van der Waals surface area (Å²) in [4.78, 5) is 20.4. The SMILES string of the molecule is CCC12COC(=O)N1CCN(Cc1ccccc1OCCCCn1ccnc1)C2. The number of fused-ring (bicyclic) bond motifs is 1. The van der Waals surface area contributed by atoms with Crippen molar-refractivity contribution in [1.29, 1.82) is 0 Å². The Bertz CT molecular complexity index is 810. The van der Waals surface area contributed by atoms with E-state index in [0.29, 0.717) is 13.2 Å². The molecule has 1 unspecified atom stereocenters. The molecule has 0 aliphatic carbocycles. The molecule has 1 aromatic carbocycles. The molecule has 0 spiro atoms. The van der Waals surface area contributed by atoms with Gasteiger partial charge in [-0.15, -0.1) is 0 Å². The number of benzene rings is 1. The van der Waals surface area contributed by atoms with Crippen LogP contribution in [0.15, 0.2) is 43.0 Å². The first kappa shape index (κ1) is 19.8. The molecule has 4 rings (SSSR count). The smallest absolute Gasteiger partial charge is 0.410 e. The number of ether oxygens (including phenoxy) is 2. The van der Waals surface area contributed by atoms with Crippen molar-refractivity contribution in [1.82, 2.24) is 19.4 Å². The highest BCUT2D eigenvalue weighted by molar-refractivity contribution is 5.71. The van der Waals surface area contributed by atoms with Crippen molar-refractivity contribution >= 4 is 6.09 Å². The van der Waals surface area contributed by atoms with Gasteiger partial charge in [0.1, 0.15) is 12.4 Å². The molecule has 29 heavy (non-hydrogen) atoms. The third-order valence-corrected chi connectivity index (χ3v) is 6.07. The van der Waals surface area contributed by atoms with E-state index in [-0.39, 0.29) is 11.6 Å². The van der Waals surface area contributed by atoms with E-state index in [2.05, 4.69) is 39.6 Å². The van der Waals surface area contributed by atoms with Crippen molar-refractivity contribution in [3.63, 3.8) is 0 Å². The van der Waals surface area contributed by atoms with E-state index < -0.39 is 0 Å². The average Bonchev–Trinajstić information content (AvgIpc) is 3.37. The zero-order valence-corrected chi connectivity index (χ0v) is 17.1. The van der Waals surface area contributed by atoms with Crippen LogP contribution in [0.4, 0.5) is 4.79 Å². The van der Waals surface area contributed by atoms with Gasteiger partial charge in [0, 0.05) is 50.7 Å². The van der Waals surface area contributed by atoms with Crippen LogP contribution in [0.3, 0.4) is 0 Å². The number of carbonyl (C=O) groups excluding carboxylic acids is 1. The number of aryl methyl sites for hydroxylation is 1. The van der Waals surface area contributed by atoms with Crippen LogP contribution in [-0.2, 0) is 17.8 Å². The molecule has 1 atom stereocenters.